The third kappa shape index (κ3) is 4.40. The number of hydrogen-bond acceptors (Lipinski definition) is 5. The summed E-state index contributed by atoms with van der Waals surface area (Å²) >= 11 is 0. The number of amides is 1. The van der Waals surface area contributed by atoms with Gasteiger partial charge in [-0.05, 0) is 37.8 Å². The van der Waals surface area contributed by atoms with Crippen molar-refractivity contribution in [2.45, 2.75) is 51.0 Å². The molecule has 6 nitrogen and oxygen atoms in total. The van der Waals surface area contributed by atoms with E-state index in [1.807, 2.05) is 29.2 Å². The molecule has 3 fully saturated rings. The summed E-state index contributed by atoms with van der Waals surface area (Å²) in [6.45, 7) is 8.54. The van der Waals surface area contributed by atoms with Crippen molar-refractivity contribution in [2.75, 3.05) is 46.1 Å². The molecule has 0 saturated carbocycles. The van der Waals surface area contributed by atoms with Crippen LogP contribution in [0.2, 0.25) is 0 Å². The van der Waals surface area contributed by atoms with Crippen LogP contribution in [0.15, 0.2) is 24.3 Å². The van der Waals surface area contributed by atoms with E-state index in [2.05, 4.69) is 11.8 Å². The highest BCUT2D eigenvalue weighted by Gasteiger charge is 2.38. The van der Waals surface area contributed by atoms with Gasteiger partial charge in [0.2, 0.25) is 0 Å². The Labute approximate surface area is 167 Å². The fraction of sp³-hybridized carbons (Fsp3) is 0.682. The van der Waals surface area contributed by atoms with Crippen LogP contribution in [0.3, 0.4) is 0 Å². The van der Waals surface area contributed by atoms with E-state index in [9.17, 15) is 4.79 Å². The predicted octanol–water partition coefficient (Wildman–Crippen LogP) is 2.32. The number of carbonyl (C=O) groups is 1. The van der Waals surface area contributed by atoms with Crippen molar-refractivity contribution in [3.63, 3.8) is 0 Å². The van der Waals surface area contributed by atoms with Crippen molar-refractivity contribution in [3.05, 3.63) is 35.4 Å². The SMILES string of the molecule is C[C@@H]1[C@H](N2CCOCC2)CCN1C(=O)c1ccccc1COC1CCOCC1. The van der Waals surface area contributed by atoms with Crippen LogP contribution in [0, 0.1) is 0 Å². The second-order valence-corrected chi connectivity index (χ2v) is 8.02. The summed E-state index contributed by atoms with van der Waals surface area (Å²) in [6.07, 6.45) is 3.13. The molecule has 0 aliphatic carbocycles. The Kier molecular flexibility index (Phi) is 6.62. The molecule has 0 bridgehead atoms. The first-order valence-corrected chi connectivity index (χ1v) is 10.6. The summed E-state index contributed by atoms with van der Waals surface area (Å²) in [4.78, 5) is 17.9. The molecule has 0 N–H and O–H groups in total. The molecule has 6 heteroatoms. The molecule has 3 heterocycles. The Morgan fingerprint density at radius 1 is 1.04 bits per heavy atom. The number of ether oxygens (including phenoxy) is 3. The lowest BCUT2D eigenvalue weighted by Crippen LogP contribution is -2.49. The van der Waals surface area contributed by atoms with Crippen molar-refractivity contribution >= 4 is 5.91 Å². The summed E-state index contributed by atoms with van der Waals surface area (Å²) in [7, 11) is 0. The number of nitrogens with zero attached hydrogens (tertiary/aromatic N) is 2. The summed E-state index contributed by atoms with van der Waals surface area (Å²) in [6, 6.07) is 8.55. The van der Waals surface area contributed by atoms with Crippen molar-refractivity contribution in [1.82, 2.24) is 9.80 Å². The van der Waals surface area contributed by atoms with E-state index in [1.165, 1.54) is 0 Å². The molecule has 1 aromatic carbocycles. The van der Waals surface area contributed by atoms with Gasteiger partial charge >= 0.3 is 0 Å². The first-order valence-electron chi connectivity index (χ1n) is 10.6. The number of rotatable bonds is 5. The second-order valence-electron chi connectivity index (χ2n) is 8.02. The summed E-state index contributed by atoms with van der Waals surface area (Å²) in [5.74, 6) is 0.134. The largest absolute Gasteiger partial charge is 0.381 e. The van der Waals surface area contributed by atoms with Gasteiger partial charge in [0.1, 0.15) is 0 Å². The summed E-state index contributed by atoms with van der Waals surface area (Å²) in [5, 5.41) is 0. The topological polar surface area (TPSA) is 51.2 Å². The van der Waals surface area contributed by atoms with E-state index >= 15 is 0 Å². The zero-order chi connectivity index (χ0) is 19.3. The highest BCUT2D eigenvalue weighted by molar-refractivity contribution is 5.96. The molecule has 154 valence electrons. The molecule has 4 rings (SSSR count). The van der Waals surface area contributed by atoms with Crippen LogP contribution in [-0.2, 0) is 20.8 Å². The van der Waals surface area contributed by atoms with Gasteiger partial charge in [-0.2, -0.15) is 0 Å². The Morgan fingerprint density at radius 3 is 2.54 bits per heavy atom. The van der Waals surface area contributed by atoms with Gasteiger partial charge in [0, 0.05) is 50.5 Å². The lowest BCUT2D eigenvalue weighted by molar-refractivity contribution is -0.0392. The average molecular weight is 389 g/mol. The molecule has 1 aromatic rings. The minimum absolute atomic E-state index is 0.134. The lowest BCUT2D eigenvalue weighted by Gasteiger charge is -2.35. The fourth-order valence-electron chi connectivity index (χ4n) is 4.67. The molecule has 0 spiro atoms. The second kappa shape index (κ2) is 9.35. The standard InChI is InChI=1S/C22H32N2O4/c1-17-21(23-10-14-27-15-11-23)6-9-24(17)22(25)20-5-3-2-4-18(20)16-28-19-7-12-26-13-8-19/h2-5,17,19,21H,6-16H2,1H3/t17-,21-/m1/s1. The highest BCUT2D eigenvalue weighted by Crippen LogP contribution is 2.27. The van der Waals surface area contributed by atoms with Gasteiger partial charge in [-0.25, -0.2) is 0 Å². The lowest BCUT2D eigenvalue weighted by atomic mass is 10.1. The van der Waals surface area contributed by atoms with Crippen molar-refractivity contribution in [2.24, 2.45) is 0 Å². The average Bonchev–Trinajstić information content (AvgIpc) is 3.14. The van der Waals surface area contributed by atoms with Crippen molar-refractivity contribution < 1.29 is 19.0 Å². The molecule has 3 aliphatic rings. The van der Waals surface area contributed by atoms with Crippen molar-refractivity contribution in [3.8, 4) is 0 Å². The normalized spacial score (nSPS) is 27.2. The van der Waals surface area contributed by atoms with Crippen LogP contribution in [0.1, 0.15) is 42.1 Å². The molecular formula is C22H32N2O4. The van der Waals surface area contributed by atoms with Crippen LogP contribution < -0.4 is 0 Å². The molecule has 0 unspecified atom stereocenters. The molecule has 0 radical (unpaired) electrons. The minimum atomic E-state index is 0.134. The van der Waals surface area contributed by atoms with E-state index in [4.69, 9.17) is 14.2 Å². The predicted molar refractivity (Wildman–Crippen MR) is 106 cm³/mol. The Hall–Kier alpha value is -1.47. The highest BCUT2D eigenvalue weighted by atomic mass is 16.5. The van der Waals surface area contributed by atoms with E-state index in [-0.39, 0.29) is 18.1 Å². The third-order valence-corrected chi connectivity index (χ3v) is 6.38. The van der Waals surface area contributed by atoms with Gasteiger partial charge in [-0.15, -0.1) is 0 Å². The number of benzene rings is 1. The van der Waals surface area contributed by atoms with Crippen LogP contribution in [0.25, 0.3) is 0 Å². The Bertz CT molecular complexity index is 656. The van der Waals surface area contributed by atoms with Gasteiger partial charge in [-0.3, -0.25) is 9.69 Å². The fourth-order valence-corrected chi connectivity index (χ4v) is 4.67. The number of hydrogen-bond donors (Lipinski definition) is 0. The molecule has 0 aromatic heterocycles. The van der Waals surface area contributed by atoms with Crippen LogP contribution in [-0.4, -0.2) is 80.0 Å². The summed E-state index contributed by atoms with van der Waals surface area (Å²) in [5.41, 5.74) is 1.77. The smallest absolute Gasteiger partial charge is 0.254 e. The molecule has 3 aliphatic heterocycles. The van der Waals surface area contributed by atoms with E-state index in [1.54, 1.807) is 0 Å². The van der Waals surface area contributed by atoms with E-state index in [0.29, 0.717) is 12.6 Å². The first-order chi connectivity index (χ1) is 13.7. The van der Waals surface area contributed by atoms with Gasteiger partial charge in [0.15, 0.2) is 0 Å². The Balaban J connectivity index is 1.41. The maximum atomic E-state index is 13.4. The monoisotopic (exact) mass is 388 g/mol. The number of morpholine rings is 1. The van der Waals surface area contributed by atoms with Crippen LogP contribution in [0.4, 0.5) is 0 Å². The molecule has 3 saturated heterocycles. The van der Waals surface area contributed by atoms with Crippen molar-refractivity contribution in [1.29, 1.82) is 0 Å². The van der Waals surface area contributed by atoms with E-state index < -0.39 is 0 Å². The number of likely N-dealkylation sites (tertiary alicyclic amines) is 1. The zero-order valence-electron chi connectivity index (χ0n) is 16.8. The molecule has 2 atom stereocenters. The van der Waals surface area contributed by atoms with Gasteiger partial charge < -0.3 is 19.1 Å². The van der Waals surface area contributed by atoms with E-state index in [0.717, 1.165) is 76.5 Å². The molecule has 28 heavy (non-hydrogen) atoms. The first kappa shape index (κ1) is 19.8. The van der Waals surface area contributed by atoms with Gasteiger partial charge in [-0.1, -0.05) is 18.2 Å². The molecular weight excluding hydrogens is 356 g/mol. The van der Waals surface area contributed by atoms with Crippen LogP contribution in [0.5, 0.6) is 0 Å². The summed E-state index contributed by atoms with van der Waals surface area (Å²) < 4.78 is 17.0. The zero-order valence-corrected chi connectivity index (χ0v) is 16.8. The van der Waals surface area contributed by atoms with Crippen LogP contribution >= 0.6 is 0 Å². The third-order valence-electron chi connectivity index (χ3n) is 6.38. The van der Waals surface area contributed by atoms with Gasteiger partial charge in [0.05, 0.1) is 25.9 Å². The maximum Gasteiger partial charge on any atom is 0.254 e. The maximum absolute atomic E-state index is 13.4. The molecule has 1 amide bonds. The van der Waals surface area contributed by atoms with Gasteiger partial charge in [0.25, 0.3) is 5.91 Å². The number of carbonyl (C=O) groups excluding carboxylic acids is 1. The Morgan fingerprint density at radius 2 is 1.75 bits per heavy atom. The minimum Gasteiger partial charge on any atom is -0.381 e. The quantitative estimate of drug-likeness (QED) is 0.775.